The van der Waals surface area contributed by atoms with Crippen molar-refractivity contribution in [1.29, 1.82) is 0 Å². The van der Waals surface area contributed by atoms with Crippen LogP contribution in [0.1, 0.15) is 97.8 Å². The van der Waals surface area contributed by atoms with E-state index in [1.165, 1.54) is 56.3 Å². The predicted octanol–water partition coefficient (Wildman–Crippen LogP) is 7.60. The van der Waals surface area contributed by atoms with Gasteiger partial charge in [-0.15, -0.1) is 0 Å². The Bertz CT molecular complexity index is 245. The molecule has 0 unspecified atom stereocenters. The highest BCUT2D eigenvalue weighted by Gasteiger charge is 2.25. The fourth-order valence-electron chi connectivity index (χ4n) is 2.23. The lowest BCUT2D eigenvalue weighted by atomic mass is 10.2. The van der Waals surface area contributed by atoms with Crippen molar-refractivity contribution in [1.82, 2.24) is 0 Å². The van der Waals surface area contributed by atoms with Gasteiger partial charge in [0.15, 0.2) is 0 Å². The Kier molecular flexibility index (Phi) is 17.7. The van der Waals surface area contributed by atoms with Gasteiger partial charge in [-0.25, -0.2) is 4.57 Å². The highest BCUT2D eigenvalue weighted by molar-refractivity contribution is 8.55. The molecule has 0 aliphatic carbocycles. The van der Waals surface area contributed by atoms with E-state index in [-0.39, 0.29) is 0 Å². The SMILES string of the molecule is CCCCCCOP(=O)(OCCCCCC)SCCCCCC. The van der Waals surface area contributed by atoms with Gasteiger partial charge >= 0.3 is 6.80 Å². The van der Waals surface area contributed by atoms with E-state index in [4.69, 9.17) is 9.05 Å². The largest absolute Gasteiger partial charge is 0.389 e. The minimum atomic E-state index is -2.95. The molecule has 0 aromatic rings. The van der Waals surface area contributed by atoms with Gasteiger partial charge in [-0.2, -0.15) is 0 Å². The Morgan fingerprint density at radius 3 is 1.52 bits per heavy atom. The molecule has 0 radical (unpaired) electrons. The summed E-state index contributed by atoms with van der Waals surface area (Å²) in [5.74, 6) is 0.876. The van der Waals surface area contributed by atoms with Crippen LogP contribution in [0.2, 0.25) is 0 Å². The standard InChI is InChI=1S/C18H39O3PS/c1-4-7-10-13-16-20-22(19,21-17-14-11-8-5-2)23-18-15-12-9-6-3/h4-18H2,1-3H3. The summed E-state index contributed by atoms with van der Waals surface area (Å²) in [7, 11) is 0. The van der Waals surface area contributed by atoms with Crippen molar-refractivity contribution >= 4 is 18.2 Å². The van der Waals surface area contributed by atoms with Gasteiger partial charge in [-0.1, -0.05) is 78.6 Å². The molecular weight excluding hydrogens is 327 g/mol. The normalized spacial score (nSPS) is 12.0. The van der Waals surface area contributed by atoms with Crippen molar-refractivity contribution < 1.29 is 13.6 Å². The zero-order valence-corrected chi connectivity index (χ0v) is 17.4. The fraction of sp³-hybridized carbons (Fsp3) is 1.00. The second-order valence-corrected chi connectivity index (χ2v) is 10.3. The highest BCUT2D eigenvalue weighted by atomic mass is 32.7. The van der Waals surface area contributed by atoms with Gasteiger partial charge in [-0.05, 0) is 30.6 Å². The van der Waals surface area contributed by atoms with E-state index in [2.05, 4.69) is 20.8 Å². The molecular formula is C18H39O3PS. The summed E-state index contributed by atoms with van der Waals surface area (Å²) in [6, 6.07) is 0. The number of hydrogen-bond donors (Lipinski definition) is 0. The van der Waals surface area contributed by atoms with Crippen LogP contribution < -0.4 is 0 Å². The maximum atomic E-state index is 12.8. The molecule has 0 N–H and O–H groups in total. The summed E-state index contributed by atoms with van der Waals surface area (Å²) in [4.78, 5) is 0. The highest BCUT2D eigenvalue weighted by Crippen LogP contribution is 2.61. The molecule has 0 rings (SSSR count). The molecule has 5 heteroatoms. The molecule has 0 aliphatic rings. The van der Waals surface area contributed by atoms with Gasteiger partial charge in [0.05, 0.1) is 13.2 Å². The number of unbranched alkanes of at least 4 members (excludes halogenated alkanes) is 9. The van der Waals surface area contributed by atoms with Crippen LogP contribution in [-0.4, -0.2) is 19.0 Å². The molecule has 0 aromatic carbocycles. The average Bonchev–Trinajstić information content (AvgIpc) is 2.54. The second-order valence-electron chi connectivity index (χ2n) is 6.13. The minimum absolute atomic E-state index is 0.564. The summed E-state index contributed by atoms with van der Waals surface area (Å²) < 4.78 is 24.2. The van der Waals surface area contributed by atoms with Crippen molar-refractivity contribution in [3.63, 3.8) is 0 Å². The lowest BCUT2D eigenvalue weighted by molar-refractivity contribution is 0.212. The molecule has 0 spiro atoms. The molecule has 0 amide bonds. The molecule has 140 valence electrons. The molecule has 0 fully saturated rings. The third kappa shape index (κ3) is 15.8. The van der Waals surface area contributed by atoms with Gasteiger partial charge in [-0.3, -0.25) is 0 Å². The van der Waals surface area contributed by atoms with E-state index >= 15 is 0 Å². The van der Waals surface area contributed by atoms with Crippen LogP contribution in [0.4, 0.5) is 0 Å². The molecule has 0 bridgehead atoms. The lowest BCUT2D eigenvalue weighted by Crippen LogP contribution is -1.98. The molecule has 0 aromatic heterocycles. The Hall–Kier alpha value is 0.500. The zero-order chi connectivity index (χ0) is 17.2. The molecule has 0 atom stereocenters. The zero-order valence-electron chi connectivity index (χ0n) is 15.7. The second kappa shape index (κ2) is 17.3. The topological polar surface area (TPSA) is 35.5 Å². The number of rotatable bonds is 18. The first-order valence-electron chi connectivity index (χ1n) is 9.72. The van der Waals surface area contributed by atoms with Crippen LogP contribution in [0.25, 0.3) is 0 Å². The van der Waals surface area contributed by atoms with E-state index in [1.54, 1.807) is 0 Å². The minimum Gasteiger partial charge on any atom is -0.301 e. The third-order valence-electron chi connectivity index (χ3n) is 3.74. The van der Waals surface area contributed by atoms with Crippen molar-refractivity contribution in [3.05, 3.63) is 0 Å². The van der Waals surface area contributed by atoms with Gasteiger partial charge in [0.1, 0.15) is 0 Å². The van der Waals surface area contributed by atoms with Gasteiger partial charge < -0.3 is 9.05 Å². The first kappa shape index (κ1) is 23.5. The van der Waals surface area contributed by atoms with Gasteiger partial charge in [0.25, 0.3) is 0 Å². The van der Waals surface area contributed by atoms with Crippen LogP contribution in [0.5, 0.6) is 0 Å². The molecule has 3 nitrogen and oxygen atoms in total. The van der Waals surface area contributed by atoms with Crippen LogP contribution >= 0.6 is 18.2 Å². The smallest absolute Gasteiger partial charge is 0.301 e. The van der Waals surface area contributed by atoms with Crippen LogP contribution in [-0.2, 0) is 13.6 Å². The van der Waals surface area contributed by atoms with Crippen molar-refractivity contribution in [2.45, 2.75) is 97.8 Å². The monoisotopic (exact) mass is 366 g/mol. The van der Waals surface area contributed by atoms with Crippen molar-refractivity contribution in [3.8, 4) is 0 Å². The summed E-state index contributed by atoms with van der Waals surface area (Å²) >= 11 is 1.41. The number of hydrogen-bond acceptors (Lipinski definition) is 4. The summed E-state index contributed by atoms with van der Waals surface area (Å²) in [5, 5.41) is 0. The molecule has 0 aliphatic heterocycles. The van der Waals surface area contributed by atoms with Gasteiger partial charge in [0, 0.05) is 5.75 Å². The maximum absolute atomic E-state index is 12.8. The summed E-state index contributed by atoms with van der Waals surface area (Å²) in [6.45, 7) is 4.77. The molecule has 0 heterocycles. The van der Waals surface area contributed by atoms with E-state index in [0.717, 1.165) is 37.9 Å². The summed E-state index contributed by atoms with van der Waals surface area (Å²) in [5.41, 5.74) is 0. The van der Waals surface area contributed by atoms with E-state index in [9.17, 15) is 4.57 Å². The predicted molar refractivity (Wildman–Crippen MR) is 104 cm³/mol. The third-order valence-corrected chi connectivity index (χ3v) is 7.66. The molecule has 0 saturated carbocycles. The van der Waals surface area contributed by atoms with E-state index in [0.29, 0.717) is 13.2 Å². The lowest BCUT2D eigenvalue weighted by Gasteiger charge is -2.18. The van der Waals surface area contributed by atoms with E-state index in [1.807, 2.05) is 0 Å². The summed E-state index contributed by atoms with van der Waals surface area (Å²) in [6.07, 6.45) is 13.9. The quantitative estimate of drug-likeness (QED) is 0.185. The van der Waals surface area contributed by atoms with Crippen LogP contribution in [0, 0.1) is 0 Å². The molecule has 0 saturated heterocycles. The Morgan fingerprint density at radius 2 is 1.09 bits per heavy atom. The first-order valence-corrected chi connectivity index (χ1v) is 12.9. The average molecular weight is 367 g/mol. The van der Waals surface area contributed by atoms with Crippen LogP contribution in [0.15, 0.2) is 0 Å². The first-order chi connectivity index (χ1) is 11.2. The van der Waals surface area contributed by atoms with Crippen LogP contribution in [0.3, 0.4) is 0 Å². The Labute approximate surface area is 149 Å². The van der Waals surface area contributed by atoms with Crippen molar-refractivity contribution in [2.75, 3.05) is 19.0 Å². The maximum Gasteiger partial charge on any atom is 0.389 e. The van der Waals surface area contributed by atoms with E-state index < -0.39 is 6.80 Å². The van der Waals surface area contributed by atoms with Crippen molar-refractivity contribution in [2.24, 2.45) is 0 Å². The van der Waals surface area contributed by atoms with Gasteiger partial charge in [0.2, 0.25) is 0 Å². The Morgan fingerprint density at radius 1 is 0.652 bits per heavy atom. The fourth-order valence-corrected chi connectivity index (χ4v) is 5.67. The molecule has 23 heavy (non-hydrogen) atoms. The Balaban J connectivity index is 4.03.